The van der Waals surface area contributed by atoms with E-state index >= 15 is 0 Å². The van der Waals surface area contributed by atoms with Crippen LogP contribution in [0.25, 0.3) is 0 Å². The van der Waals surface area contributed by atoms with Crippen LogP contribution < -0.4 is 0 Å². The van der Waals surface area contributed by atoms with Gasteiger partial charge in [0.1, 0.15) is 0 Å². The van der Waals surface area contributed by atoms with Crippen LogP contribution in [-0.2, 0) is 4.74 Å². The van der Waals surface area contributed by atoms with Gasteiger partial charge in [0, 0.05) is 6.42 Å². The van der Waals surface area contributed by atoms with Crippen LogP contribution >= 0.6 is 0 Å². The zero-order valence-electron chi connectivity index (χ0n) is 9.83. The van der Waals surface area contributed by atoms with Crippen LogP contribution in [0.4, 0.5) is 0 Å². The number of hydrogen-bond donors (Lipinski definition) is 1. The van der Waals surface area contributed by atoms with Gasteiger partial charge in [-0.15, -0.1) is 0 Å². The van der Waals surface area contributed by atoms with Crippen molar-refractivity contribution in [1.29, 1.82) is 0 Å². The summed E-state index contributed by atoms with van der Waals surface area (Å²) in [6.07, 6.45) is 7.49. The number of hydrogen-bond acceptors (Lipinski definition) is 2. The van der Waals surface area contributed by atoms with Crippen molar-refractivity contribution >= 4 is 0 Å². The highest BCUT2D eigenvalue weighted by atomic mass is 16.5. The topological polar surface area (TPSA) is 29.5 Å². The molecule has 2 heteroatoms. The lowest BCUT2D eigenvalue weighted by atomic mass is 9.61. The number of aliphatic hydroxyl groups is 1. The van der Waals surface area contributed by atoms with Gasteiger partial charge in [0.15, 0.2) is 0 Å². The molecule has 1 unspecified atom stereocenters. The van der Waals surface area contributed by atoms with Crippen molar-refractivity contribution in [3.8, 4) is 0 Å². The molecule has 2 aliphatic carbocycles. The fourth-order valence-corrected chi connectivity index (χ4v) is 2.65. The molecule has 2 nitrogen and oxygen atoms in total. The first-order chi connectivity index (χ1) is 7.10. The van der Waals surface area contributed by atoms with E-state index in [4.69, 9.17) is 4.74 Å². The van der Waals surface area contributed by atoms with Gasteiger partial charge in [-0.3, -0.25) is 0 Å². The number of ether oxygens (including phenoxy) is 1. The molecular weight excluding hydrogens is 188 g/mol. The van der Waals surface area contributed by atoms with E-state index in [1.165, 1.54) is 19.3 Å². The van der Waals surface area contributed by atoms with Crippen molar-refractivity contribution in [2.45, 2.75) is 52.1 Å². The normalized spacial score (nSPS) is 28.8. The Morgan fingerprint density at radius 1 is 1.53 bits per heavy atom. The third kappa shape index (κ3) is 2.54. The number of aliphatic hydroxyl groups excluding tert-OH is 1. The maximum atomic E-state index is 9.79. The van der Waals surface area contributed by atoms with Gasteiger partial charge < -0.3 is 9.84 Å². The summed E-state index contributed by atoms with van der Waals surface area (Å²) in [4.78, 5) is 0. The highest BCUT2D eigenvalue weighted by Gasteiger charge is 2.41. The summed E-state index contributed by atoms with van der Waals surface area (Å²) in [5.74, 6) is 1.59. The molecule has 1 atom stereocenters. The molecule has 0 heterocycles. The van der Waals surface area contributed by atoms with E-state index in [0.717, 1.165) is 25.2 Å². The van der Waals surface area contributed by atoms with Gasteiger partial charge in [0.2, 0.25) is 0 Å². The van der Waals surface area contributed by atoms with Gasteiger partial charge in [-0.05, 0) is 36.7 Å². The fourth-order valence-electron chi connectivity index (χ4n) is 2.65. The second-order valence-electron chi connectivity index (χ2n) is 5.64. The minimum atomic E-state index is -0.277. The van der Waals surface area contributed by atoms with Crippen molar-refractivity contribution in [2.75, 3.05) is 6.61 Å². The van der Waals surface area contributed by atoms with Crippen molar-refractivity contribution in [3.63, 3.8) is 0 Å². The maximum Gasteiger partial charge on any atom is 0.0951 e. The Morgan fingerprint density at radius 3 is 2.80 bits per heavy atom. The van der Waals surface area contributed by atoms with E-state index in [1.54, 1.807) is 0 Å². The molecule has 0 aromatic carbocycles. The fraction of sp³-hybridized carbons (Fsp3) is 0.846. The highest BCUT2D eigenvalue weighted by Crippen LogP contribution is 2.51. The highest BCUT2D eigenvalue weighted by molar-refractivity contribution is 5.11. The molecule has 1 fully saturated rings. The second-order valence-corrected chi connectivity index (χ2v) is 5.64. The Hall–Kier alpha value is -0.500. The van der Waals surface area contributed by atoms with Crippen molar-refractivity contribution in [3.05, 3.63) is 11.8 Å². The van der Waals surface area contributed by atoms with Gasteiger partial charge in [-0.1, -0.05) is 20.3 Å². The second kappa shape index (κ2) is 4.17. The predicted octanol–water partition coefficient (Wildman–Crippen LogP) is 2.87. The average molecular weight is 210 g/mol. The monoisotopic (exact) mass is 210 g/mol. The van der Waals surface area contributed by atoms with Crippen LogP contribution in [0.15, 0.2) is 11.8 Å². The molecule has 1 N–H and O–H groups in total. The minimum absolute atomic E-state index is 0.277. The van der Waals surface area contributed by atoms with E-state index < -0.39 is 0 Å². The van der Waals surface area contributed by atoms with E-state index in [2.05, 4.69) is 13.8 Å². The largest absolute Gasteiger partial charge is 0.498 e. The maximum absolute atomic E-state index is 9.79. The summed E-state index contributed by atoms with van der Waals surface area (Å²) in [7, 11) is 0. The molecule has 86 valence electrons. The van der Waals surface area contributed by atoms with Crippen LogP contribution in [0.5, 0.6) is 0 Å². The summed E-state index contributed by atoms with van der Waals surface area (Å²) in [5, 5.41) is 9.79. The molecule has 0 amide bonds. The molecule has 0 aliphatic heterocycles. The lowest BCUT2D eigenvalue weighted by Gasteiger charge is -2.45. The Morgan fingerprint density at radius 2 is 2.27 bits per heavy atom. The molecule has 0 saturated heterocycles. The zero-order chi connectivity index (χ0) is 10.9. The van der Waals surface area contributed by atoms with E-state index in [1.807, 2.05) is 6.08 Å². The Balaban J connectivity index is 1.93. The quantitative estimate of drug-likeness (QED) is 0.776. The Labute approximate surface area is 92.3 Å². The number of allylic oxidation sites excluding steroid dienone is 1. The molecule has 1 saturated carbocycles. The lowest BCUT2D eigenvalue weighted by molar-refractivity contribution is 0.0200. The third-order valence-corrected chi connectivity index (χ3v) is 3.59. The van der Waals surface area contributed by atoms with Crippen LogP contribution in [-0.4, -0.2) is 17.8 Å². The Bertz CT molecular complexity index is 251. The van der Waals surface area contributed by atoms with Gasteiger partial charge in [-0.25, -0.2) is 0 Å². The average Bonchev–Trinajstić information content (AvgIpc) is 2.11. The van der Waals surface area contributed by atoms with Crippen molar-refractivity contribution in [2.24, 2.45) is 11.3 Å². The van der Waals surface area contributed by atoms with Gasteiger partial charge in [0.25, 0.3) is 0 Å². The van der Waals surface area contributed by atoms with Crippen molar-refractivity contribution in [1.82, 2.24) is 0 Å². The molecule has 0 aromatic rings. The van der Waals surface area contributed by atoms with Crippen molar-refractivity contribution < 1.29 is 9.84 Å². The molecule has 2 rings (SSSR count). The summed E-state index contributed by atoms with van der Waals surface area (Å²) in [6, 6.07) is 0. The standard InChI is InChI=1S/C13H22O2/c1-10(2)9-15-12-6-11(14)7-13(8-12)4-3-5-13/h6,10-11,14H,3-5,7-9H2,1-2H3. The first-order valence-corrected chi connectivity index (χ1v) is 6.11. The van der Waals surface area contributed by atoms with E-state index in [0.29, 0.717) is 11.3 Å². The van der Waals surface area contributed by atoms with E-state index in [9.17, 15) is 5.11 Å². The number of rotatable bonds is 3. The molecule has 2 aliphatic rings. The smallest absolute Gasteiger partial charge is 0.0951 e. The SMILES string of the molecule is CC(C)COC1=CC(O)CC2(CCC2)C1. The van der Waals surface area contributed by atoms with Gasteiger partial charge >= 0.3 is 0 Å². The van der Waals surface area contributed by atoms with E-state index in [-0.39, 0.29) is 6.10 Å². The predicted molar refractivity (Wildman–Crippen MR) is 60.4 cm³/mol. The molecule has 0 radical (unpaired) electrons. The zero-order valence-corrected chi connectivity index (χ0v) is 9.83. The van der Waals surface area contributed by atoms with Crippen LogP contribution in [0, 0.1) is 11.3 Å². The van der Waals surface area contributed by atoms with Crippen LogP contribution in [0.1, 0.15) is 46.0 Å². The first-order valence-electron chi connectivity index (χ1n) is 6.11. The summed E-state index contributed by atoms with van der Waals surface area (Å²) >= 11 is 0. The first kappa shape index (κ1) is 11.0. The summed E-state index contributed by atoms with van der Waals surface area (Å²) in [5.41, 5.74) is 0.389. The minimum Gasteiger partial charge on any atom is -0.498 e. The molecular formula is C13H22O2. The van der Waals surface area contributed by atoms with Gasteiger partial charge in [0.05, 0.1) is 18.5 Å². The molecule has 0 aromatic heterocycles. The summed E-state index contributed by atoms with van der Waals surface area (Å²) < 4.78 is 5.75. The van der Waals surface area contributed by atoms with Gasteiger partial charge in [-0.2, -0.15) is 0 Å². The molecule has 0 bridgehead atoms. The third-order valence-electron chi connectivity index (χ3n) is 3.59. The summed E-state index contributed by atoms with van der Waals surface area (Å²) in [6.45, 7) is 5.08. The molecule has 15 heavy (non-hydrogen) atoms. The van der Waals surface area contributed by atoms with Crippen LogP contribution in [0.2, 0.25) is 0 Å². The molecule has 1 spiro atoms. The Kier molecular flexibility index (Phi) is 3.06. The van der Waals surface area contributed by atoms with Crippen LogP contribution in [0.3, 0.4) is 0 Å². The lowest BCUT2D eigenvalue weighted by Crippen LogP contribution is -2.37.